The van der Waals surface area contributed by atoms with Crippen LogP contribution in [0, 0.1) is 5.92 Å². The molecule has 92 valence electrons. The monoisotopic (exact) mass is 249 g/mol. The van der Waals surface area contributed by atoms with Gasteiger partial charge in [-0.2, -0.15) is 0 Å². The van der Waals surface area contributed by atoms with E-state index in [4.69, 9.17) is 0 Å². The van der Waals surface area contributed by atoms with Gasteiger partial charge in [0.05, 0.1) is 5.39 Å². The zero-order chi connectivity index (χ0) is 12.3. The highest BCUT2D eigenvalue weighted by Crippen LogP contribution is 2.25. The average Bonchev–Trinajstić information content (AvgIpc) is 2.78. The summed E-state index contributed by atoms with van der Waals surface area (Å²) < 4.78 is 0. The predicted molar refractivity (Wildman–Crippen MR) is 74.6 cm³/mol. The molecule has 0 aliphatic rings. The summed E-state index contributed by atoms with van der Waals surface area (Å²) in [5.74, 6) is 1.71. The Bertz CT molecular complexity index is 480. The van der Waals surface area contributed by atoms with Gasteiger partial charge in [0.15, 0.2) is 0 Å². The van der Waals surface area contributed by atoms with Crippen molar-refractivity contribution in [2.24, 2.45) is 5.92 Å². The minimum atomic E-state index is 0.447. The molecule has 0 bridgehead atoms. The van der Waals surface area contributed by atoms with Gasteiger partial charge in [0.1, 0.15) is 17.0 Å². The van der Waals surface area contributed by atoms with E-state index in [0.29, 0.717) is 6.04 Å². The van der Waals surface area contributed by atoms with Gasteiger partial charge in [0, 0.05) is 6.04 Å². The van der Waals surface area contributed by atoms with Crippen molar-refractivity contribution in [3.8, 4) is 0 Å². The minimum absolute atomic E-state index is 0.447. The highest BCUT2D eigenvalue weighted by Gasteiger charge is 2.10. The van der Waals surface area contributed by atoms with E-state index in [-0.39, 0.29) is 0 Å². The number of nitrogens with one attached hydrogen (secondary N) is 1. The molecule has 0 aliphatic carbocycles. The van der Waals surface area contributed by atoms with Crippen molar-refractivity contribution < 1.29 is 0 Å². The molecule has 2 atom stereocenters. The molecule has 0 saturated heterocycles. The Kier molecular flexibility index (Phi) is 3.94. The molecule has 0 fully saturated rings. The smallest absolute Gasteiger partial charge is 0.138 e. The summed E-state index contributed by atoms with van der Waals surface area (Å²) in [6.45, 7) is 6.74. The largest absolute Gasteiger partial charge is 0.367 e. The normalized spacial score (nSPS) is 14.8. The number of hydrogen-bond donors (Lipinski definition) is 1. The first-order valence-corrected chi connectivity index (χ1v) is 7.03. The first kappa shape index (κ1) is 12.3. The van der Waals surface area contributed by atoms with E-state index in [9.17, 15) is 0 Å². The maximum absolute atomic E-state index is 4.34. The standard InChI is InChI=1S/C13H19N3S/c1-4-9(2)7-10(3)16-12-11-5-6-17-13(11)15-8-14-12/h5-6,8-10H,4,7H2,1-3H3,(H,14,15,16). The lowest BCUT2D eigenvalue weighted by Crippen LogP contribution is -2.19. The summed E-state index contributed by atoms with van der Waals surface area (Å²) in [7, 11) is 0. The summed E-state index contributed by atoms with van der Waals surface area (Å²) in [6.07, 6.45) is 4.03. The molecule has 17 heavy (non-hydrogen) atoms. The average molecular weight is 249 g/mol. The van der Waals surface area contributed by atoms with Crippen molar-refractivity contribution >= 4 is 27.4 Å². The number of aromatic nitrogens is 2. The molecule has 0 spiro atoms. The van der Waals surface area contributed by atoms with E-state index in [0.717, 1.165) is 22.0 Å². The van der Waals surface area contributed by atoms with Crippen LogP contribution in [0.1, 0.15) is 33.6 Å². The van der Waals surface area contributed by atoms with Crippen molar-refractivity contribution in [2.45, 2.75) is 39.7 Å². The molecule has 2 rings (SSSR count). The molecule has 0 saturated carbocycles. The third-order valence-corrected chi connectivity index (χ3v) is 3.92. The molecule has 2 heterocycles. The molecule has 2 aromatic rings. The number of nitrogens with zero attached hydrogens (tertiary/aromatic N) is 2. The van der Waals surface area contributed by atoms with E-state index in [1.807, 2.05) is 0 Å². The van der Waals surface area contributed by atoms with Crippen molar-refractivity contribution in [3.05, 3.63) is 17.8 Å². The maximum Gasteiger partial charge on any atom is 0.138 e. The van der Waals surface area contributed by atoms with Crippen molar-refractivity contribution in [3.63, 3.8) is 0 Å². The van der Waals surface area contributed by atoms with E-state index in [1.165, 1.54) is 12.8 Å². The van der Waals surface area contributed by atoms with Gasteiger partial charge >= 0.3 is 0 Å². The third kappa shape index (κ3) is 2.94. The fraction of sp³-hybridized carbons (Fsp3) is 0.538. The van der Waals surface area contributed by atoms with Crippen molar-refractivity contribution in [2.75, 3.05) is 5.32 Å². The molecule has 4 heteroatoms. The van der Waals surface area contributed by atoms with Crippen LogP contribution in [0.4, 0.5) is 5.82 Å². The van der Waals surface area contributed by atoms with E-state index < -0.39 is 0 Å². The van der Waals surface area contributed by atoms with E-state index >= 15 is 0 Å². The lowest BCUT2D eigenvalue weighted by Gasteiger charge is -2.18. The molecule has 2 aromatic heterocycles. The molecule has 1 N–H and O–H groups in total. The lowest BCUT2D eigenvalue weighted by atomic mass is 10.0. The second-order valence-electron chi connectivity index (χ2n) is 4.66. The number of fused-ring (bicyclic) bond motifs is 1. The van der Waals surface area contributed by atoms with Crippen LogP contribution in [-0.2, 0) is 0 Å². The molecule has 2 unspecified atom stereocenters. The quantitative estimate of drug-likeness (QED) is 0.872. The van der Waals surface area contributed by atoms with Crippen LogP contribution in [0.3, 0.4) is 0 Å². The maximum atomic E-state index is 4.34. The first-order chi connectivity index (χ1) is 8.20. The molecular formula is C13H19N3S. The van der Waals surface area contributed by atoms with Crippen LogP contribution in [0.2, 0.25) is 0 Å². The van der Waals surface area contributed by atoms with Crippen molar-refractivity contribution in [1.29, 1.82) is 0 Å². The van der Waals surface area contributed by atoms with Crippen LogP contribution >= 0.6 is 11.3 Å². The Labute approximate surface area is 106 Å². The zero-order valence-electron chi connectivity index (χ0n) is 10.6. The van der Waals surface area contributed by atoms with Gasteiger partial charge in [0.25, 0.3) is 0 Å². The van der Waals surface area contributed by atoms with Crippen LogP contribution < -0.4 is 5.32 Å². The van der Waals surface area contributed by atoms with Crippen LogP contribution in [0.5, 0.6) is 0 Å². The summed E-state index contributed by atoms with van der Waals surface area (Å²) in [4.78, 5) is 9.64. The van der Waals surface area contributed by atoms with E-state index in [1.54, 1.807) is 17.7 Å². The molecule has 0 aliphatic heterocycles. The summed E-state index contributed by atoms with van der Waals surface area (Å²) in [5.41, 5.74) is 0. The van der Waals surface area contributed by atoms with E-state index in [2.05, 4.69) is 47.5 Å². The second-order valence-corrected chi connectivity index (χ2v) is 5.55. The van der Waals surface area contributed by atoms with Crippen LogP contribution in [0.25, 0.3) is 10.2 Å². The van der Waals surface area contributed by atoms with Crippen LogP contribution in [-0.4, -0.2) is 16.0 Å². The zero-order valence-corrected chi connectivity index (χ0v) is 11.4. The molecular weight excluding hydrogens is 230 g/mol. The van der Waals surface area contributed by atoms with Crippen LogP contribution in [0.15, 0.2) is 17.8 Å². The van der Waals surface area contributed by atoms with Gasteiger partial charge in [-0.25, -0.2) is 9.97 Å². The summed E-state index contributed by atoms with van der Waals surface area (Å²) >= 11 is 1.66. The molecule has 0 amide bonds. The second kappa shape index (κ2) is 5.45. The number of hydrogen-bond acceptors (Lipinski definition) is 4. The third-order valence-electron chi connectivity index (χ3n) is 3.10. The van der Waals surface area contributed by atoms with Gasteiger partial charge in [-0.1, -0.05) is 20.3 Å². The fourth-order valence-corrected chi connectivity index (χ4v) is 2.70. The SMILES string of the molecule is CCC(C)CC(C)Nc1ncnc2sccc12. The molecule has 3 nitrogen and oxygen atoms in total. The van der Waals surface area contributed by atoms with Gasteiger partial charge in [-0.3, -0.25) is 0 Å². The highest BCUT2D eigenvalue weighted by molar-refractivity contribution is 7.16. The Hall–Kier alpha value is -1.16. The summed E-state index contributed by atoms with van der Waals surface area (Å²) in [6, 6.07) is 2.53. The predicted octanol–water partition coefficient (Wildman–Crippen LogP) is 3.93. The van der Waals surface area contributed by atoms with Crippen molar-refractivity contribution in [1.82, 2.24) is 9.97 Å². The Morgan fingerprint density at radius 3 is 2.94 bits per heavy atom. The minimum Gasteiger partial charge on any atom is -0.367 e. The molecule has 0 aromatic carbocycles. The number of thiophene rings is 1. The number of rotatable bonds is 5. The topological polar surface area (TPSA) is 37.8 Å². The first-order valence-electron chi connectivity index (χ1n) is 6.15. The Balaban J connectivity index is 2.10. The van der Waals surface area contributed by atoms with Gasteiger partial charge in [0.2, 0.25) is 0 Å². The number of anilines is 1. The lowest BCUT2D eigenvalue weighted by molar-refractivity contribution is 0.483. The van der Waals surface area contributed by atoms with Gasteiger partial charge < -0.3 is 5.32 Å². The van der Waals surface area contributed by atoms with Gasteiger partial charge in [-0.15, -0.1) is 11.3 Å². The molecule has 0 radical (unpaired) electrons. The Morgan fingerprint density at radius 2 is 2.18 bits per heavy atom. The van der Waals surface area contributed by atoms with Gasteiger partial charge in [-0.05, 0) is 30.7 Å². The summed E-state index contributed by atoms with van der Waals surface area (Å²) in [5, 5.41) is 6.68. The fourth-order valence-electron chi connectivity index (χ4n) is 1.97. The Morgan fingerprint density at radius 1 is 1.35 bits per heavy atom. The highest BCUT2D eigenvalue weighted by atomic mass is 32.1.